The summed E-state index contributed by atoms with van der Waals surface area (Å²) < 4.78 is 0. The molecule has 0 saturated heterocycles. The molecule has 0 rings (SSSR count). The van der Waals surface area contributed by atoms with Crippen molar-refractivity contribution in [3.8, 4) is 0 Å². The Balaban J connectivity index is 3.45. The molecule has 0 saturated carbocycles. The van der Waals surface area contributed by atoms with Gasteiger partial charge in [0.25, 0.3) is 0 Å². The molecule has 0 aliphatic rings. The van der Waals surface area contributed by atoms with Gasteiger partial charge in [-0.15, -0.1) is 0 Å². The SMILES string of the molecule is CCCCCCCCCCCCSSSC(=O)C(C)(CC)C(=O)O. The van der Waals surface area contributed by atoms with Crippen molar-refractivity contribution in [3.63, 3.8) is 0 Å². The van der Waals surface area contributed by atoms with E-state index in [4.69, 9.17) is 5.11 Å². The predicted octanol–water partition coefficient (Wildman–Crippen LogP) is 6.96. The van der Waals surface area contributed by atoms with Crippen molar-refractivity contribution < 1.29 is 14.7 Å². The van der Waals surface area contributed by atoms with Gasteiger partial charge in [0.1, 0.15) is 5.41 Å². The molecular formula is C18H34O3S3. The van der Waals surface area contributed by atoms with Crippen LogP contribution in [0.1, 0.15) is 91.4 Å². The average Bonchev–Trinajstić information content (AvgIpc) is 2.57. The molecule has 0 aromatic heterocycles. The Hall–Kier alpha value is 0.190. The number of carboxylic acids is 1. The standard InChI is InChI=1S/C18H34O3S3/c1-4-6-7-8-9-10-11-12-13-14-15-22-24-23-17(21)18(3,5-2)16(19)20/h4-15H2,1-3H3,(H,19,20). The van der Waals surface area contributed by atoms with Gasteiger partial charge >= 0.3 is 5.97 Å². The van der Waals surface area contributed by atoms with Gasteiger partial charge in [-0.2, -0.15) is 0 Å². The van der Waals surface area contributed by atoms with Gasteiger partial charge < -0.3 is 5.11 Å². The zero-order valence-corrected chi connectivity index (χ0v) is 17.9. The number of unbranched alkanes of at least 4 members (excludes halogenated alkanes) is 9. The highest BCUT2D eigenvalue weighted by Gasteiger charge is 2.39. The number of hydrogen-bond donors (Lipinski definition) is 1. The Morgan fingerprint density at radius 2 is 1.38 bits per heavy atom. The second kappa shape index (κ2) is 15.4. The van der Waals surface area contributed by atoms with Crippen molar-refractivity contribution >= 4 is 42.5 Å². The number of carbonyl (C=O) groups excluding carboxylic acids is 1. The lowest BCUT2D eigenvalue weighted by atomic mass is 9.90. The molecule has 0 aromatic rings. The van der Waals surface area contributed by atoms with Crippen LogP contribution < -0.4 is 0 Å². The smallest absolute Gasteiger partial charge is 0.317 e. The molecule has 0 aliphatic carbocycles. The van der Waals surface area contributed by atoms with Gasteiger partial charge in [0.2, 0.25) is 5.12 Å². The van der Waals surface area contributed by atoms with E-state index in [0.29, 0.717) is 6.42 Å². The van der Waals surface area contributed by atoms with E-state index >= 15 is 0 Å². The van der Waals surface area contributed by atoms with Crippen LogP contribution in [0.25, 0.3) is 0 Å². The van der Waals surface area contributed by atoms with Crippen LogP contribution in [0.15, 0.2) is 0 Å². The van der Waals surface area contributed by atoms with E-state index in [2.05, 4.69) is 6.92 Å². The van der Waals surface area contributed by atoms with Crippen molar-refractivity contribution in [1.29, 1.82) is 0 Å². The van der Waals surface area contributed by atoms with E-state index in [1.54, 1.807) is 17.7 Å². The van der Waals surface area contributed by atoms with Crippen molar-refractivity contribution in [2.24, 2.45) is 5.41 Å². The third kappa shape index (κ3) is 10.9. The number of rotatable bonds is 16. The fraction of sp³-hybridized carbons (Fsp3) is 0.889. The molecular weight excluding hydrogens is 360 g/mol. The molecule has 0 heterocycles. The molecule has 1 N–H and O–H groups in total. The van der Waals surface area contributed by atoms with Crippen LogP contribution in [0.3, 0.4) is 0 Å². The molecule has 0 radical (unpaired) electrons. The summed E-state index contributed by atoms with van der Waals surface area (Å²) in [7, 11) is 4.16. The van der Waals surface area contributed by atoms with Gasteiger partial charge in [-0.25, -0.2) is 0 Å². The molecule has 1 atom stereocenters. The number of hydrogen-bond acceptors (Lipinski definition) is 5. The summed E-state index contributed by atoms with van der Waals surface area (Å²) in [6, 6.07) is 0. The molecule has 0 bridgehead atoms. The molecule has 1 unspecified atom stereocenters. The Kier molecular flexibility index (Phi) is 15.6. The van der Waals surface area contributed by atoms with Crippen LogP contribution in [0.4, 0.5) is 0 Å². The third-order valence-corrected chi connectivity index (χ3v) is 8.52. The Morgan fingerprint density at radius 3 is 1.83 bits per heavy atom. The van der Waals surface area contributed by atoms with Crippen LogP contribution in [-0.2, 0) is 9.59 Å². The zero-order chi connectivity index (χ0) is 18.3. The van der Waals surface area contributed by atoms with Crippen molar-refractivity contribution in [2.75, 3.05) is 5.75 Å². The van der Waals surface area contributed by atoms with E-state index in [1.807, 2.05) is 0 Å². The topological polar surface area (TPSA) is 54.4 Å². The van der Waals surface area contributed by atoms with E-state index in [1.165, 1.54) is 81.0 Å². The van der Waals surface area contributed by atoms with Crippen LogP contribution >= 0.6 is 31.4 Å². The average molecular weight is 395 g/mol. The van der Waals surface area contributed by atoms with Gasteiger partial charge in [-0.3, -0.25) is 9.59 Å². The second-order valence-corrected chi connectivity index (χ2v) is 10.6. The lowest BCUT2D eigenvalue weighted by Crippen LogP contribution is -2.33. The first kappa shape index (κ1) is 24.2. The molecule has 3 nitrogen and oxygen atoms in total. The molecule has 0 aromatic carbocycles. The lowest BCUT2D eigenvalue weighted by molar-refractivity contribution is -0.151. The summed E-state index contributed by atoms with van der Waals surface area (Å²) in [6.07, 6.45) is 13.6. The zero-order valence-electron chi connectivity index (χ0n) is 15.5. The van der Waals surface area contributed by atoms with Crippen molar-refractivity contribution in [1.82, 2.24) is 0 Å². The molecule has 0 spiro atoms. The highest BCUT2D eigenvalue weighted by molar-refractivity contribution is 9.12. The summed E-state index contributed by atoms with van der Waals surface area (Å²) in [5.41, 5.74) is -1.25. The quantitative estimate of drug-likeness (QED) is 0.173. The van der Waals surface area contributed by atoms with Gasteiger partial charge in [0.15, 0.2) is 0 Å². The van der Waals surface area contributed by atoms with E-state index in [9.17, 15) is 9.59 Å². The maximum absolute atomic E-state index is 12.0. The van der Waals surface area contributed by atoms with E-state index in [-0.39, 0.29) is 5.12 Å². The van der Waals surface area contributed by atoms with Gasteiger partial charge in [0.05, 0.1) is 0 Å². The Morgan fingerprint density at radius 1 is 0.875 bits per heavy atom. The molecule has 6 heteroatoms. The molecule has 0 aliphatic heterocycles. The molecule has 0 amide bonds. The summed E-state index contributed by atoms with van der Waals surface area (Å²) >= 11 is 0. The first-order valence-electron chi connectivity index (χ1n) is 9.23. The first-order valence-corrected chi connectivity index (χ1v) is 12.9. The fourth-order valence-corrected chi connectivity index (χ4v) is 6.17. The first-order chi connectivity index (χ1) is 11.5. The number of carboxylic acid groups (broad SMARTS) is 1. The molecule has 142 valence electrons. The highest BCUT2D eigenvalue weighted by atomic mass is 33.5. The number of aliphatic carboxylic acids is 1. The maximum Gasteiger partial charge on any atom is 0.317 e. The minimum absolute atomic E-state index is 0.252. The van der Waals surface area contributed by atoms with Gasteiger partial charge in [-0.1, -0.05) is 82.4 Å². The van der Waals surface area contributed by atoms with Crippen molar-refractivity contribution in [3.05, 3.63) is 0 Å². The summed E-state index contributed by atoms with van der Waals surface area (Å²) in [5, 5.41) is 8.90. The summed E-state index contributed by atoms with van der Waals surface area (Å²) in [6.45, 7) is 5.51. The van der Waals surface area contributed by atoms with Crippen LogP contribution in [0.5, 0.6) is 0 Å². The van der Waals surface area contributed by atoms with Crippen molar-refractivity contribution in [2.45, 2.75) is 91.4 Å². The summed E-state index contributed by atoms with van der Waals surface area (Å²) in [5.74, 6) is -0.0000345. The molecule has 0 fully saturated rings. The highest BCUT2D eigenvalue weighted by Crippen LogP contribution is 2.41. The third-order valence-electron chi connectivity index (χ3n) is 4.37. The van der Waals surface area contributed by atoms with Crippen LogP contribution in [-0.4, -0.2) is 21.9 Å². The van der Waals surface area contributed by atoms with E-state index in [0.717, 1.165) is 16.5 Å². The Bertz CT molecular complexity index is 350. The van der Waals surface area contributed by atoms with Crippen LogP contribution in [0, 0.1) is 5.41 Å². The minimum atomic E-state index is -1.25. The molecule has 24 heavy (non-hydrogen) atoms. The number of carbonyl (C=O) groups is 2. The minimum Gasteiger partial charge on any atom is -0.480 e. The van der Waals surface area contributed by atoms with Gasteiger partial charge in [-0.05, 0) is 40.4 Å². The Labute approximate surface area is 159 Å². The monoisotopic (exact) mass is 394 g/mol. The second-order valence-electron chi connectivity index (χ2n) is 6.43. The maximum atomic E-state index is 12.0. The summed E-state index contributed by atoms with van der Waals surface area (Å²) in [4.78, 5) is 23.2. The van der Waals surface area contributed by atoms with Crippen LogP contribution in [0.2, 0.25) is 0 Å². The fourth-order valence-electron chi connectivity index (χ4n) is 2.21. The van der Waals surface area contributed by atoms with E-state index < -0.39 is 11.4 Å². The van der Waals surface area contributed by atoms with Gasteiger partial charge in [0, 0.05) is 5.75 Å². The normalized spacial score (nSPS) is 13.6. The predicted molar refractivity (Wildman–Crippen MR) is 111 cm³/mol. The largest absolute Gasteiger partial charge is 0.480 e. The lowest BCUT2D eigenvalue weighted by Gasteiger charge is -2.19.